The number of carbonyl (C=O) groups excluding carboxylic acids is 1. The summed E-state index contributed by atoms with van der Waals surface area (Å²) in [6.07, 6.45) is 0.723. The van der Waals surface area contributed by atoms with Gasteiger partial charge in [0.1, 0.15) is 0 Å². The predicted molar refractivity (Wildman–Crippen MR) is 55.4 cm³/mol. The number of hydrogen-bond acceptors (Lipinski definition) is 2. The Labute approximate surface area is 86.7 Å². The summed E-state index contributed by atoms with van der Waals surface area (Å²) in [5, 5.41) is 6.27. The average Bonchev–Trinajstić information content (AvgIpc) is 2.26. The summed E-state index contributed by atoms with van der Waals surface area (Å²) in [6.45, 7) is 0.302. The molecule has 1 N–H and O–H groups in total. The van der Waals surface area contributed by atoms with Gasteiger partial charge in [0.05, 0.1) is 0 Å². The van der Waals surface area contributed by atoms with E-state index in [0.29, 0.717) is 6.54 Å². The standard InChI is InChI=1S/C10H10N4O/c11-14-12-6-8-5-7-3-1-2-4-9(7)10(15)13-8/h1-4,8H,5-6H2,(H,13,15). The molecule has 0 spiro atoms. The highest BCUT2D eigenvalue weighted by Crippen LogP contribution is 2.16. The Morgan fingerprint density at radius 1 is 1.53 bits per heavy atom. The molecule has 1 aromatic rings. The van der Waals surface area contributed by atoms with Crippen LogP contribution in [0.1, 0.15) is 15.9 Å². The fraction of sp³-hybridized carbons (Fsp3) is 0.300. The number of rotatable bonds is 2. The molecule has 1 heterocycles. The van der Waals surface area contributed by atoms with Crippen LogP contribution in [0, 0.1) is 0 Å². The molecule has 5 nitrogen and oxygen atoms in total. The average molecular weight is 202 g/mol. The molecule has 1 unspecified atom stereocenters. The molecule has 0 aromatic heterocycles. The van der Waals surface area contributed by atoms with E-state index in [1.165, 1.54) is 0 Å². The highest BCUT2D eigenvalue weighted by molar-refractivity contribution is 5.97. The molecule has 1 amide bonds. The quantitative estimate of drug-likeness (QED) is 0.441. The van der Waals surface area contributed by atoms with E-state index < -0.39 is 0 Å². The molecule has 1 atom stereocenters. The molecular weight excluding hydrogens is 192 g/mol. The van der Waals surface area contributed by atoms with Crippen LogP contribution in [0.15, 0.2) is 29.4 Å². The summed E-state index contributed by atoms with van der Waals surface area (Å²) in [7, 11) is 0. The van der Waals surface area contributed by atoms with Crippen molar-refractivity contribution in [2.45, 2.75) is 12.5 Å². The van der Waals surface area contributed by atoms with E-state index in [1.807, 2.05) is 18.2 Å². The van der Waals surface area contributed by atoms with Gasteiger partial charge in [-0.2, -0.15) is 0 Å². The first-order valence-electron chi connectivity index (χ1n) is 4.71. The van der Waals surface area contributed by atoms with Crippen LogP contribution in [0.5, 0.6) is 0 Å². The molecular formula is C10H10N4O. The minimum Gasteiger partial charge on any atom is -0.349 e. The first kappa shape index (κ1) is 9.55. The second-order valence-corrected chi connectivity index (χ2v) is 3.45. The van der Waals surface area contributed by atoms with Gasteiger partial charge in [0.2, 0.25) is 0 Å². The van der Waals surface area contributed by atoms with Crippen molar-refractivity contribution in [1.29, 1.82) is 0 Å². The van der Waals surface area contributed by atoms with Crippen molar-refractivity contribution >= 4 is 5.91 Å². The number of hydrogen-bond donors (Lipinski definition) is 1. The number of carbonyl (C=O) groups is 1. The number of benzene rings is 1. The topological polar surface area (TPSA) is 77.9 Å². The lowest BCUT2D eigenvalue weighted by Crippen LogP contribution is -2.43. The zero-order chi connectivity index (χ0) is 10.7. The van der Waals surface area contributed by atoms with E-state index in [4.69, 9.17) is 5.53 Å². The van der Waals surface area contributed by atoms with Crippen molar-refractivity contribution in [3.63, 3.8) is 0 Å². The summed E-state index contributed by atoms with van der Waals surface area (Å²) in [5.74, 6) is -0.0880. The number of nitrogens with one attached hydrogen (secondary N) is 1. The van der Waals surface area contributed by atoms with Gasteiger partial charge in [-0.05, 0) is 23.6 Å². The zero-order valence-electron chi connectivity index (χ0n) is 8.05. The van der Waals surface area contributed by atoms with Gasteiger partial charge in [-0.15, -0.1) is 0 Å². The number of azide groups is 1. The Morgan fingerprint density at radius 2 is 2.33 bits per heavy atom. The number of nitrogens with zero attached hydrogens (tertiary/aromatic N) is 3. The maximum absolute atomic E-state index is 11.6. The molecule has 0 saturated heterocycles. The van der Waals surface area contributed by atoms with Gasteiger partial charge in [0.25, 0.3) is 5.91 Å². The van der Waals surface area contributed by atoms with Crippen molar-refractivity contribution < 1.29 is 4.79 Å². The van der Waals surface area contributed by atoms with Crippen molar-refractivity contribution in [3.05, 3.63) is 45.8 Å². The van der Waals surface area contributed by atoms with Gasteiger partial charge in [0, 0.05) is 23.1 Å². The lowest BCUT2D eigenvalue weighted by Gasteiger charge is -2.24. The van der Waals surface area contributed by atoms with E-state index in [-0.39, 0.29) is 11.9 Å². The van der Waals surface area contributed by atoms with E-state index >= 15 is 0 Å². The summed E-state index contributed by atoms with van der Waals surface area (Å²) in [4.78, 5) is 14.3. The Hall–Kier alpha value is -2.00. The van der Waals surface area contributed by atoms with Crippen LogP contribution < -0.4 is 5.32 Å². The molecule has 0 saturated carbocycles. The van der Waals surface area contributed by atoms with Crippen LogP contribution in [0.2, 0.25) is 0 Å². The Balaban J connectivity index is 2.22. The highest BCUT2D eigenvalue weighted by Gasteiger charge is 2.22. The summed E-state index contributed by atoms with van der Waals surface area (Å²) in [5.41, 5.74) is 9.93. The minimum absolute atomic E-state index is 0.0803. The number of fused-ring (bicyclic) bond motifs is 1. The summed E-state index contributed by atoms with van der Waals surface area (Å²) < 4.78 is 0. The van der Waals surface area contributed by atoms with Crippen molar-refractivity contribution in [1.82, 2.24) is 5.32 Å². The van der Waals surface area contributed by atoms with E-state index in [0.717, 1.165) is 17.5 Å². The maximum Gasteiger partial charge on any atom is 0.251 e. The monoisotopic (exact) mass is 202 g/mol. The minimum atomic E-state index is -0.0880. The van der Waals surface area contributed by atoms with Gasteiger partial charge < -0.3 is 5.32 Å². The Bertz CT molecular complexity index is 437. The third-order valence-corrected chi connectivity index (χ3v) is 2.43. The van der Waals surface area contributed by atoms with E-state index in [9.17, 15) is 4.79 Å². The van der Waals surface area contributed by atoms with Crippen LogP contribution in [0.25, 0.3) is 10.4 Å². The smallest absolute Gasteiger partial charge is 0.251 e. The first-order valence-corrected chi connectivity index (χ1v) is 4.71. The third-order valence-electron chi connectivity index (χ3n) is 2.43. The first-order chi connectivity index (χ1) is 7.31. The zero-order valence-corrected chi connectivity index (χ0v) is 8.05. The normalized spacial score (nSPS) is 18.7. The van der Waals surface area contributed by atoms with Crippen LogP contribution in [0.3, 0.4) is 0 Å². The third kappa shape index (κ3) is 1.92. The molecule has 5 heteroatoms. The van der Waals surface area contributed by atoms with Crippen LogP contribution in [-0.4, -0.2) is 18.5 Å². The van der Waals surface area contributed by atoms with Gasteiger partial charge in [-0.1, -0.05) is 23.3 Å². The molecule has 76 valence electrons. The molecule has 0 radical (unpaired) electrons. The van der Waals surface area contributed by atoms with Gasteiger partial charge >= 0.3 is 0 Å². The fourth-order valence-corrected chi connectivity index (χ4v) is 1.74. The molecule has 15 heavy (non-hydrogen) atoms. The van der Waals surface area contributed by atoms with E-state index in [2.05, 4.69) is 15.3 Å². The van der Waals surface area contributed by atoms with Crippen molar-refractivity contribution in [3.8, 4) is 0 Å². The molecule has 2 rings (SSSR count). The fourth-order valence-electron chi connectivity index (χ4n) is 1.74. The lowest BCUT2D eigenvalue weighted by molar-refractivity contribution is 0.0927. The van der Waals surface area contributed by atoms with Gasteiger partial charge in [0.15, 0.2) is 0 Å². The van der Waals surface area contributed by atoms with Crippen LogP contribution >= 0.6 is 0 Å². The Morgan fingerprint density at radius 3 is 3.13 bits per heavy atom. The maximum atomic E-state index is 11.6. The molecule has 1 aliphatic heterocycles. The highest BCUT2D eigenvalue weighted by atomic mass is 16.1. The summed E-state index contributed by atoms with van der Waals surface area (Å²) >= 11 is 0. The number of amides is 1. The predicted octanol–water partition coefficient (Wildman–Crippen LogP) is 1.65. The Kier molecular flexibility index (Phi) is 2.56. The largest absolute Gasteiger partial charge is 0.349 e. The molecule has 1 aliphatic rings. The SMILES string of the molecule is [N-]=[N+]=NCC1Cc2ccccc2C(=O)N1. The lowest BCUT2D eigenvalue weighted by atomic mass is 9.95. The van der Waals surface area contributed by atoms with Crippen LogP contribution in [-0.2, 0) is 6.42 Å². The van der Waals surface area contributed by atoms with Gasteiger partial charge in [-0.25, -0.2) is 0 Å². The second kappa shape index (κ2) is 4.02. The molecule has 0 aliphatic carbocycles. The van der Waals surface area contributed by atoms with Crippen molar-refractivity contribution in [2.24, 2.45) is 5.11 Å². The molecule has 0 bridgehead atoms. The molecule has 1 aromatic carbocycles. The van der Waals surface area contributed by atoms with E-state index in [1.54, 1.807) is 6.07 Å². The van der Waals surface area contributed by atoms with Gasteiger partial charge in [-0.3, -0.25) is 4.79 Å². The van der Waals surface area contributed by atoms with Crippen LogP contribution in [0.4, 0.5) is 0 Å². The second-order valence-electron chi connectivity index (χ2n) is 3.45. The summed E-state index contributed by atoms with van der Waals surface area (Å²) in [6, 6.07) is 7.39. The molecule has 0 fully saturated rings. The van der Waals surface area contributed by atoms with Crippen molar-refractivity contribution in [2.75, 3.05) is 6.54 Å².